The van der Waals surface area contributed by atoms with E-state index in [1.54, 1.807) is 0 Å². The molecule has 14 heteroatoms. The Labute approximate surface area is 352 Å². The summed E-state index contributed by atoms with van der Waals surface area (Å²) in [5.41, 5.74) is 5.67. The summed E-state index contributed by atoms with van der Waals surface area (Å²) >= 11 is 14.2. The van der Waals surface area contributed by atoms with Crippen molar-refractivity contribution in [2.75, 3.05) is 23.7 Å². The number of hydrogen-bond donors (Lipinski definition) is 2. The van der Waals surface area contributed by atoms with E-state index >= 15 is 0 Å². The van der Waals surface area contributed by atoms with Crippen LogP contribution >= 0.6 is 136 Å². The Morgan fingerprint density at radius 1 is 0.848 bits per heavy atom. The molecule has 0 aliphatic carbocycles. The Balaban J connectivity index is 1.63. The number of allylic oxidation sites excluding steroid dienone is 8. The fraction of sp³-hybridized carbons (Fsp3) is 0.312. The van der Waals surface area contributed by atoms with Crippen LogP contribution in [0.5, 0.6) is 0 Å². The van der Waals surface area contributed by atoms with E-state index in [1.807, 2.05) is 41.0 Å². The van der Waals surface area contributed by atoms with Gasteiger partial charge >= 0.3 is 5.97 Å². The van der Waals surface area contributed by atoms with Gasteiger partial charge in [-0.3, -0.25) is 4.55 Å². The van der Waals surface area contributed by atoms with Crippen LogP contribution in [0.3, 0.4) is 0 Å². The van der Waals surface area contributed by atoms with Gasteiger partial charge in [0.1, 0.15) is 0 Å². The maximum atomic E-state index is 11.9. The van der Waals surface area contributed by atoms with Crippen molar-refractivity contribution in [1.29, 1.82) is 0 Å². The van der Waals surface area contributed by atoms with E-state index in [2.05, 4.69) is 186 Å². The third-order valence-corrected chi connectivity index (χ3v) is 19.0. The molecule has 0 atom stereocenters. The quantitative estimate of drug-likeness (QED) is 0.0810. The van der Waals surface area contributed by atoms with Gasteiger partial charge in [0.2, 0.25) is 12.2 Å². The smallest absolute Gasteiger partial charge is 0.370 e. The van der Waals surface area contributed by atoms with Crippen molar-refractivity contribution in [3.8, 4) is 0 Å². The molecular formula is C32H31I6N2O5S+. The maximum absolute atomic E-state index is 11.9. The number of halogens is 6. The van der Waals surface area contributed by atoms with E-state index in [4.69, 9.17) is 0 Å². The highest BCUT2D eigenvalue weighted by molar-refractivity contribution is 14.1. The van der Waals surface area contributed by atoms with Crippen molar-refractivity contribution < 1.29 is 27.4 Å². The number of carbonyl (C=O) groups is 1. The number of benzene rings is 2. The highest BCUT2D eigenvalue weighted by atomic mass is 127. The summed E-state index contributed by atoms with van der Waals surface area (Å²) < 4.78 is 41.1. The molecule has 2 aromatic carbocycles. The third kappa shape index (κ3) is 8.23. The summed E-state index contributed by atoms with van der Waals surface area (Å²) in [6.07, 6.45) is 14.1. The van der Waals surface area contributed by atoms with Gasteiger partial charge in [0.05, 0.1) is 16.7 Å². The monoisotopic (exact) mass is 1320 g/mol. The zero-order valence-corrected chi connectivity index (χ0v) is 39.0. The van der Waals surface area contributed by atoms with Crippen LogP contribution in [-0.4, -0.2) is 53.2 Å². The average Bonchev–Trinajstić information content (AvgIpc) is 3.26. The van der Waals surface area contributed by atoms with Crippen LogP contribution in [0.1, 0.15) is 45.2 Å². The lowest BCUT2D eigenvalue weighted by atomic mass is 9.81. The van der Waals surface area contributed by atoms with Crippen LogP contribution in [0.4, 0.5) is 11.4 Å². The number of hydrogen-bond acceptors (Lipinski definition) is 4. The Hall–Kier alpha value is 0.630. The lowest BCUT2D eigenvalue weighted by Gasteiger charge is -2.27. The van der Waals surface area contributed by atoms with Gasteiger partial charge in [-0.05, 0) is 168 Å². The van der Waals surface area contributed by atoms with Crippen LogP contribution in [0.15, 0.2) is 60.4 Å². The van der Waals surface area contributed by atoms with Gasteiger partial charge in [0.15, 0.2) is 5.71 Å². The minimum atomic E-state index is -4.05. The number of carboxylic acid groups (broad SMARTS) is 1. The van der Waals surface area contributed by atoms with Gasteiger partial charge in [-0.15, -0.1) is 0 Å². The average molecular weight is 1320 g/mol. The van der Waals surface area contributed by atoms with E-state index in [1.165, 1.54) is 16.3 Å². The molecule has 0 aromatic heterocycles. The van der Waals surface area contributed by atoms with E-state index < -0.39 is 16.1 Å². The Morgan fingerprint density at radius 2 is 1.41 bits per heavy atom. The molecule has 2 aromatic rings. The molecular weight excluding hydrogens is 1290 g/mol. The van der Waals surface area contributed by atoms with Crippen LogP contribution in [-0.2, 0) is 25.7 Å². The van der Waals surface area contributed by atoms with Crippen LogP contribution in [0, 0.1) is 21.4 Å². The van der Waals surface area contributed by atoms with Crippen molar-refractivity contribution >= 4 is 169 Å². The van der Waals surface area contributed by atoms with Crippen LogP contribution in [0.25, 0.3) is 0 Å². The molecule has 0 fully saturated rings. The molecule has 46 heavy (non-hydrogen) atoms. The van der Waals surface area contributed by atoms with Crippen molar-refractivity contribution in [2.45, 2.75) is 44.9 Å². The first-order valence-corrected chi connectivity index (χ1v) is 22.1. The molecule has 7 nitrogen and oxygen atoms in total. The molecule has 0 amide bonds. The van der Waals surface area contributed by atoms with Gasteiger partial charge < -0.3 is 10.0 Å². The minimum Gasteiger partial charge on any atom is -0.477 e. The summed E-state index contributed by atoms with van der Waals surface area (Å²) in [4.78, 5) is 14.0. The molecule has 246 valence electrons. The zero-order valence-electron chi connectivity index (χ0n) is 25.2. The lowest BCUT2D eigenvalue weighted by molar-refractivity contribution is -0.428. The molecule has 2 heterocycles. The predicted octanol–water partition coefficient (Wildman–Crippen LogP) is 9.40. The minimum absolute atomic E-state index is 0.115. The van der Waals surface area contributed by atoms with E-state index in [0.29, 0.717) is 13.0 Å². The standard InChI is InChI=1S/C32H30I6N2O5S/c1-31(2)22(39(13-10-14-46(43,44)45)20-15-18(33)27(35)29(37)25(20)31)11-8-6-5-7-9-12-23-32(3,4)26-21(40(23)17-24(41)42)16-19(34)28(36)30(26)38/h5-9,11-12,15-16H,10,13-14,17H2,1-4H3,(H-,41,42,43,44,45)/p+1. The Kier molecular flexibility index (Phi) is 13.3. The lowest BCUT2D eigenvalue weighted by Crippen LogP contribution is -2.29. The number of carboxylic acids is 1. The molecule has 0 radical (unpaired) electrons. The normalized spacial score (nSPS) is 18.2. The number of anilines is 1. The number of nitrogens with zero attached hydrogens (tertiary/aromatic N) is 2. The first-order valence-electron chi connectivity index (χ1n) is 14.0. The fourth-order valence-corrected chi connectivity index (χ4v) is 12.0. The van der Waals surface area contributed by atoms with Gasteiger partial charge in [0, 0.05) is 62.5 Å². The molecule has 0 saturated carbocycles. The first-order chi connectivity index (χ1) is 21.3. The van der Waals surface area contributed by atoms with Gasteiger partial charge in [-0.1, -0.05) is 44.2 Å². The maximum Gasteiger partial charge on any atom is 0.370 e. The Morgan fingerprint density at radius 3 is 2.02 bits per heavy atom. The second kappa shape index (κ2) is 15.5. The van der Waals surface area contributed by atoms with Crippen molar-refractivity contribution in [3.63, 3.8) is 0 Å². The molecule has 0 spiro atoms. The van der Waals surface area contributed by atoms with Crippen LogP contribution in [0.2, 0.25) is 0 Å². The zero-order chi connectivity index (χ0) is 34.4. The molecule has 2 aliphatic heterocycles. The Bertz CT molecular complexity index is 1880. The topological polar surface area (TPSA) is 97.9 Å². The highest BCUT2D eigenvalue weighted by Crippen LogP contribution is 2.51. The highest BCUT2D eigenvalue weighted by Gasteiger charge is 2.47. The largest absolute Gasteiger partial charge is 0.477 e. The molecule has 2 N–H and O–H groups in total. The molecule has 0 bridgehead atoms. The van der Waals surface area contributed by atoms with Crippen molar-refractivity contribution in [2.24, 2.45) is 0 Å². The second-order valence-electron chi connectivity index (χ2n) is 11.8. The van der Waals surface area contributed by atoms with Gasteiger partial charge in [0.25, 0.3) is 10.1 Å². The van der Waals surface area contributed by atoms with Crippen molar-refractivity contribution in [3.05, 3.63) is 92.9 Å². The summed E-state index contributed by atoms with van der Waals surface area (Å²) in [6, 6.07) is 4.23. The van der Waals surface area contributed by atoms with E-state index in [-0.39, 0.29) is 23.1 Å². The third-order valence-electron chi connectivity index (χ3n) is 8.01. The van der Waals surface area contributed by atoms with E-state index in [9.17, 15) is 22.9 Å². The van der Waals surface area contributed by atoms with E-state index in [0.717, 1.165) is 39.1 Å². The molecule has 0 saturated heterocycles. The van der Waals surface area contributed by atoms with Gasteiger partial charge in [-0.25, -0.2) is 4.79 Å². The number of rotatable bonds is 10. The first kappa shape index (κ1) is 39.4. The summed E-state index contributed by atoms with van der Waals surface area (Å²) in [5, 5.41) is 9.72. The predicted molar refractivity (Wildman–Crippen MR) is 237 cm³/mol. The molecule has 2 aliphatic rings. The molecule has 0 unspecified atom stereocenters. The SMILES string of the molecule is CC1(C)C(/C=C/C=C/C=C/C=C2\N(CCCS(=O)(=O)O)c3cc(I)c(I)c(I)c3C2(C)C)=[N+](CC(=O)O)c2cc(I)c(I)c(I)c21. The van der Waals surface area contributed by atoms with Gasteiger partial charge in [-0.2, -0.15) is 13.0 Å². The fourth-order valence-electron chi connectivity index (χ4n) is 6.00. The summed E-state index contributed by atoms with van der Waals surface area (Å²) in [6.45, 7) is 8.99. The molecule has 4 rings (SSSR count). The second-order valence-corrected chi connectivity index (χ2v) is 20.1. The number of fused-ring (bicyclic) bond motifs is 2. The summed E-state index contributed by atoms with van der Waals surface area (Å²) in [7, 11) is -4.05. The van der Waals surface area contributed by atoms with Crippen molar-refractivity contribution in [1.82, 2.24) is 0 Å². The van der Waals surface area contributed by atoms with Crippen LogP contribution < -0.4 is 4.90 Å². The number of aliphatic carboxylic acids is 1. The summed E-state index contributed by atoms with van der Waals surface area (Å²) in [5.74, 6) is -1.17.